The number of rotatable bonds is 8. The lowest BCUT2D eigenvalue weighted by Crippen LogP contribution is -2.67. The fourth-order valence-corrected chi connectivity index (χ4v) is 11.6. The van der Waals surface area contributed by atoms with Gasteiger partial charge in [0.2, 0.25) is 5.91 Å². The Hall–Kier alpha value is -2.75. The lowest BCUT2D eigenvalue weighted by Gasteiger charge is -2.70. The first kappa shape index (κ1) is 36.5. The molecule has 5 aliphatic rings. The van der Waals surface area contributed by atoms with Gasteiger partial charge < -0.3 is 25.0 Å². The first-order valence-corrected chi connectivity index (χ1v) is 17.9. The maximum atomic E-state index is 14.7. The summed E-state index contributed by atoms with van der Waals surface area (Å²) in [5, 5.41) is 21.6. The quantitative estimate of drug-likeness (QED) is 0.288. The number of ether oxygens (including phenoxy) is 2. The van der Waals surface area contributed by atoms with Gasteiger partial charge in [-0.3, -0.25) is 19.2 Å². The number of hydrogen-bond acceptors (Lipinski definition) is 8. The molecule has 5 aliphatic carbocycles. The van der Waals surface area contributed by atoms with Crippen LogP contribution in [0.5, 0.6) is 0 Å². The van der Waals surface area contributed by atoms with E-state index in [0.717, 1.165) is 44.1 Å². The van der Waals surface area contributed by atoms with Gasteiger partial charge in [0.1, 0.15) is 12.1 Å². The summed E-state index contributed by atoms with van der Waals surface area (Å²) < 4.78 is 10.7. The summed E-state index contributed by atoms with van der Waals surface area (Å²) in [5.41, 5.74) is -0.969. The number of hydrogen-bond donors (Lipinski definition) is 3. The minimum atomic E-state index is -1.35. The summed E-state index contributed by atoms with van der Waals surface area (Å²) in [4.78, 5) is 64.2. The van der Waals surface area contributed by atoms with Crippen LogP contribution >= 0.6 is 0 Å². The molecule has 10 atom stereocenters. The van der Waals surface area contributed by atoms with Crippen LogP contribution in [0.2, 0.25) is 0 Å². The van der Waals surface area contributed by atoms with Crippen molar-refractivity contribution < 1.29 is 43.7 Å². The van der Waals surface area contributed by atoms with E-state index in [9.17, 15) is 34.2 Å². The molecule has 1 unspecified atom stereocenters. The third-order valence-corrected chi connectivity index (χ3v) is 14.9. The zero-order valence-corrected chi connectivity index (χ0v) is 30.2. The molecule has 48 heavy (non-hydrogen) atoms. The Morgan fingerprint density at radius 2 is 1.56 bits per heavy atom. The van der Waals surface area contributed by atoms with Crippen LogP contribution in [0, 0.1) is 50.2 Å². The van der Waals surface area contributed by atoms with Crippen LogP contribution in [0.4, 0.5) is 0 Å². The van der Waals surface area contributed by atoms with Gasteiger partial charge >= 0.3 is 17.9 Å². The summed E-state index contributed by atoms with van der Waals surface area (Å²) in [7, 11) is 1.30. The molecule has 4 saturated carbocycles. The number of nitrogens with one attached hydrogen (secondary N) is 1. The SMILES string of the molecule is COC(=O)CCC(=O)O[C@H]1CC[C@]2(C)[C@H]3C(=O)C=C4[C@@H]5C[C@@](C)(C(=O)NC(CO)C(=O)O)CC[C@]5(C)CC[C@@]4(C)[C@]3(C)CC[C@H]2C1(C)C. The Bertz CT molecular complexity index is 1400. The normalized spacial score (nSPS) is 42.0. The minimum Gasteiger partial charge on any atom is -0.480 e. The molecular weight excluding hydrogens is 614 g/mol. The van der Waals surface area contributed by atoms with Crippen molar-refractivity contribution in [3.8, 4) is 0 Å². The van der Waals surface area contributed by atoms with E-state index in [1.165, 1.54) is 7.11 Å². The summed E-state index contributed by atoms with van der Waals surface area (Å²) in [6.07, 6.45) is 8.68. The highest BCUT2D eigenvalue weighted by Crippen LogP contribution is 2.75. The molecule has 3 N–H and O–H groups in total. The second-order valence-electron chi connectivity index (χ2n) is 17.7. The fourth-order valence-electron chi connectivity index (χ4n) is 11.6. The fraction of sp³-hybridized carbons (Fsp3) is 0.816. The predicted octanol–water partition coefficient (Wildman–Crippen LogP) is 5.39. The van der Waals surface area contributed by atoms with E-state index >= 15 is 0 Å². The molecule has 10 heteroatoms. The zero-order chi connectivity index (χ0) is 35.7. The van der Waals surface area contributed by atoms with Crippen LogP contribution in [0.25, 0.3) is 0 Å². The number of carbonyl (C=O) groups excluding carboxylic acids is 4. The van der Waals surface area contributed by atoms with Gasteiger partial charge in [-0.25, -0.2) is 4.79 Å². The highest BCUT2D eigenvalue weighted by Gasteiger charge is 2.70. The number of carbonyl (C=O) groups is 5. The van der Waals surface area contributed by atoms with Crippen molar-refractivity contribution in [1.29, 1.82) is 0 Å². The Balaban J connectivity index is 1.44. The molecule has 0 aromatic carbocycles. The van der Waals surface area contributed by atoms with E-state index < -0.39 is 36.0 Å². The highest BCUT2D eigenvalue weighted by molar-refractivity contribution is 5.96. The van der Waals surface area contributed by atoms with Crippen molar-refractivity contribution in [3.05, 3.63) is 11.6 Å². The van der Waals surface area contributed by atoms with Crippen LogP contribution in [0.1, 0.15) is 119 Å². The van der Waals surface area contributed by atoms with Crippen LogP contribution in [0.15, 0.2) is 11.6 Å². The van der Waals surface area contributed by atoms with Gasteiger partial charge in [-0.15, -0.1) is 0 Å². The molecule has 5 rings (SSSR count). The molecule has 10 nitrogen and oxygen atoms in total. The lowest BCUT2D eigenvalue weighted by atomic mass is 9.33. The first-order valence-electron chi connectivity index (χ1n) is 17.9. The number of aliphatic hydroxyl groups excluding tert-OH is 1. The van der Waals surface area contributed by atoms with Crippen molar-refractivity contribution >= 4 is 29.6 Å². The van der Waals surface area contributed by atoms with E-state index in [2.05, 4.69) is 51.6 Å². The molecule has 268 valence electrons. The Labute approximate surface area is 285 Å². The van der Waals surface area contributed by atoms with Crippen molar-refractivity contribution in [2.45, 2.75) is 131 Å². The van der Waals surface area contributed by atoms with E-state index in [1.54, 1.807) is 0 Å². The van der Waals surface area contributed by atoms with Crippen molar-refractivity contribution in [2.75, 3.05) is 13.7 Å². The second-order valence-corrected chi connectivity index (χ2v) is 17.7. The van der Waals surface area contributed by atoms with E-state index in [1.807, 2.05) is 13.0 Å². The Kier molecular flexibility index (Phi) is 9.31. The monoisotopic (exact) mass is 671 g/mol. The molecule has 0 saturated heterocycles. The zero-order valence-electron chi connectivity index (χ0n) is 30.2. The number of esters is 2. The smallest absolute Gasteiger partial charge is 0.328 e. The summed E-state index contributed by atoms with van der Waals surface area (Å²) in [6, 6.07) is -1.35. The molecular formula is C38H57NO9. The molecule has 0 aliphatic heterocycles. The topological polar surface area (TPSA) is 156 Å². The van der Waals surface area contributed by atoms with Crippen LogP contribution < -0.4 is 5.32 Å². The standard InChI is InChI=1S/C38H57NO9/c1-33(2)26-11-14-38(7)30(36(26,5)13-12-27(33)48-29(43)10-9-28(42)47-8)25(41)19-22-23-20-35(4,32(46)39-24(21-40)31(44)45)16-15-34(23,3)17-18-37(22,38)6/h19,23-24,26-27,30,40H,9-18,20-21H2,1-8H3,(H,39,46)(H,44,45)/t23-,24?,26-,27-,30+,34+,35-,36-,37+,38+/m0/s1. The number of methoxy groups -OCH3 is 1. The Morgan fingerprint density at radius 1 is 0.917 bits per heavy atom. The third kappa shape index (κ3) is 5.52. The average Bonchev–Trinajstić information content (AvgIpc) is 3.01. The number of carboxylic acids is 1. The van der Waals surface area contributed by atoms with Gasteiger partial charge in [0.25, 0.3) is 0 Å². The number of amides is 1. The van der Waals surface area contributed by atoms with Gasteiger partial charge in [-0.1, -0.05) is 54.0 Å². The summed E-state index contributed by atoms with van der Waals surface area (Å²) in [5.74, 6) is -2.34. The van der Waals surface area contributed by atoms with Crippen LogP contribution in [0.3, 0.4) is 0 Å². The number of ketones is 1. The number of fused-ring (bicyclic) bond motifs is 7. The molecule has 0 heterocycles. The molecule has 0 aromatic rings. The molecule has 0 bridgehead atoms. The maximum absolute atomic E-state index is 14.7. The summed E-state index contributed by atoms with van der Waals surface area (Å²) >= 11 is 0. The van der Waals surface area contributed by atoms with Crippen LogP contribution in [-0.2, 0) is 33.4 Å². The van der Waals surface area contributed by atoms with Gasteiger partial charge in [-0.2, -0.15) is 0 Å². The molecule has 0 spiro atoms. The number of aliphatic carboxylic acids is 1. The number of allylic oxidation sites excluding steroid dienone is 2. The van der Waals surface area contributed by atoms with Crippen molar-refractivity contribution in [1.82, 2.24) is 5.32 Å². The molecule has 4 fully saturated rings. The first-order chi connectivity index (χ1) is 22.2. The Morgan fingerprint density at radius 3 is 2.19 bits per heavy atom. The number of carboxylic acid groups (broad SMARTS) is 1. The highest BCUT2D eigenvalue weighted by atomic mass is 16.5. The van der Waals surface area contributed by atoms with Gasteiger partial charge in [0.05, 0.1) is 26.6 Å². The van der Waals surface area contributed by atoms with Crippen molar-refractivity contribution in [2.24, 2.45) is 50.2 Å². The van der Waals surface area contributed by atoms with E-state index in [-0.39, 0.29) is 75.5 Å². The number of aliphatic hydroxyl groups is 1. The largest absolute Gasteiger partial charge is 0.480 e. The maximum Gasteiger partial charge on any atom is 0.328 e. The second kappa shape index (κ2) is 12.2. The van der Waals surface area contributed by atoms with Crippen molar-refractivity contribution in [3.63, 3.8) is 0 Å². The van der Waals surface area contributed by atoms with Gasteiger partial charge in [-0.05, 0) is 97.4 Å². The lowest BCUT2D eigenvalue weighted by molar-refractivity contribution is -0.211. The van der Waals surface area contributed by atoms with E-state index in [4.69, 9.17) is 4.74 Å². The van der Waals surface area contributed by atoms with Gasteiger partial charge in [0.15, 0.2) is 5.78 Å². The van der Waals surface area contributed by atoms with Crippen LogP contribution in [-0.4, -0.2) is 65.7 Å². The molecule has 0 aromatic heterocycles. The average molecular weight is 672 g/mol. The predicted molar refractivity (Wildman–Crippen MR) is 177 cm³/mol. The summed E-state index contributed by atoms with van der Waals surface area (Å²) in [6.45, 7) is 14.8. The van der Waals surface area contributed by atoms with Gasteiger partial charge in [0, 0.05) is 16.7 Å². The molecule has 1 amide bonds. The van der Waals surface area contributed by atoms with E-state index in [0.29, 0.717) is 19.3 Å². The molecule has 0 radical (unpaired) electrons. The third-order valence-electron chi connectivity index (χ3n) is 14.9. The minimum absolute atomic E-state index is 0.00184.